The van der Waals surface area contributed by atoms with E-state index in [1.807, 2.05) is 12.1 Å². The lowest BCUT2D eigenvalue weighted by Crippen LogP contribution is -2.37. The molecule has 1 saturated heterocycles. The van der Waals surface area contributed by atoms with Crippen molar-refractivity contribution in [2.24, 2.45) is 0 Å². The van der Waals surface area contributed by atoms with Gasteiger partial charge < -0.3 is 15.2 Å². The fourth-order valence-electron chi connectivity index (χ4n) is 1.47. The van der Waals surface area contributed by atoms with Gasteiger partial charge in [0, 0.05) is 37.7 Å². The van der Waals surface area contributed by atoms with Gasteiger partial charge in [0.1, 0.15) is 5.60 Å². The smallest absolute Gasteiger partial charge is 0.107 e. The van der Waals surface area contributed by atoms with E-state index in [0.717, 1.165) is 5.69 Å². The minimum absolute atomic E-state index is 0.422. The molecular formula is C10H14N2O2. The van der Waals surface area contributed by atoms with Crippen LogP contribution >= 0.6 is 0 Å². The SMILES string of the molecule is OC1(CNc2ccncc2)CCOC1. The number of aliphatic hydroxyl groups is 1. The van der Waals surface area contributed by atoms with Crippen molar-refractivity contribution < 1.29 is 9.84 Å². The van der Waals surface area contributed by atoms with Crippen LogP contribution in [0.15, 0.2) is 24.5 Å². The Kier molecular flexibility index (Phi) is 2.65. The molecule has 1 fully saturated rings. The van der Waals surface area contributed by atoms with Gasteiger partial charge in [-0.2, -0.15) is 0 Å². The number of aromatic nitrogens is 1. The maximum atomic E-state index is 9.95. The van der Waals surface area contributed by atoms with Crippen molar-refractivity contribution in [3.05, 3.63) is 24.5 Å². The van der Waals surface area contributed by atoms with Crippen molar-refractivity contribution >= 4 is 5.69 Å². The molecule has 1 atom stereocenters. The minimum Gasteiger partial charge on any atom is -0.386 e. The molecule has 2 N–H and O–H groups in total. The summed E-state index contributed by atoms with van der Waals surface area (Å²) < 4.78 is 5.15. The molecule has 2 heterocycles. The first-order valence-corrected chi connectivity index (χ1v) is 4.73. The molecule has 4 heteroatoms. The second-order valence-corrected chi connectivity index (χ2v) is 3.62. The average Bonchev–Trinajstić information content (AvgIpc) is 2.65. The van der Waals surface area contributed by atoms with E-state index in [0.29, 0.717) is 26.2 Å². The van der Waals surface area contributed by atoms with E-state index in [9.17, 15) is 5.11 Å². The second kappa shape index (κ2) is 3.94. The van der Waals surface area contributed by atoms with Crippen LogP contribution in [0.2, 0.25) is 0 Å². The molecule has 0 aromatic carbocycles. The van der Waals surface area contributed by atoms with Crippen molar-refractivity contribution in [2.75, 3.05) is 25.1 Å². The van der Waals surface area contributed by atoms with E-state index in [1.165, 1.54) is 0 Å². The monoisotopic (exact) mass is 194 g/mol. The molecule has 0 radical (unpaired) electrons. The van der Waals surface area contributed by atoms with E-state index in [-0.39, 0.29) is 0 Å². The summed E-state index contributed by atoms with van der Waals surface area (Å²) in [6.07, 6.45) is 4.14. The predicted octanol–water partition coefficient (Wildman–Crippen LogP) is 0.645. The zero-order valence-corrected chi connectivity index (χ0v) is 7.94. The Hall–Kier alpha value is -1.13. The third kappa shape index (κ3) is 2.21. The van der Waals surface area contributed by atoms with Gasteiger partial charge in [0.2, 0.25) is 0 Å². The Morgan fingerprint density at radius 3 is 2.93 bits per heavy atom. The molecule has 4 nitrogen and oxygen atoms in total. The van der Waals surface area contributed by atoms with Crippen LogP contribution in [0.4, 0.5) is 5.69 Å². The molecule has 0 amide bonds. The molecule has 1 unspecified atom stereocenters. The Labute approximate surface area is 82.9 Å². The number of nitrogens with zero attached hydrogens (tertiary/aromatic N) is 1. The Bertz CT molecular complexity index is 283. The summed E-state index contributed by atoms with van der Waals surface area (Å²) in [5.74, 6) is 0. The molecule has 1 aromatic heterocycles. The van der Waals surface area contributed by atoms with E-state index >= 15 is 0 Å². The fraction of sp³-hybridized carbons (Fsp3) is 0.500. The predicted molar refractivity (Wildman–Crippen MR) is 53.1 cm³/mol. The van der Waals surface area contributed by atoms with Crippen LogP contribution < -0.4 is 5.32 Å². The Morgan fingerprint density at radius 2 is 2.29 bits per heavy atom. The van der Waals surface area contributed by atoms with Crippen molar-refractivity contribution in [3.8, 4) is 0 Å². The number of anilines is 1. The van der Waals surface area contributed by atoms with Gasteiger partial charge in [0.25, 0.3) is 0 Å². The van der Waals surface area contributed by atoms with E-state index < -0.39 is 5.60 Å². The summed E-state index contributed by atoms with van der Waals surface area (Å²) in [5, 5.41) is 13.1. The number of pyridine rings is 1. The Balaban J connectivity index is 1.88. The summed E-state index contributed by atoms with van der Waals surface area (Å²) in [5.41, 5.74) is 0.267. The van der Waals surface area contributed by atoms with E-state index in [2.05, 4.69) is 10.3 Å². The lowest BCUT2D eigenvalue weighted by molar-refractivity contribution is 0.0382. The van der Waals surface area contributed by atoms with Crippen LogP contribution in [0.1, 0.15) is 6.42 Å². The minimum atomic E-state index is -0.705. The highest BCUT2D eigenvalue weighted by Crippen LogP contribution is 2.18. The topological polar surface area (TPSA) is 54.4 Å². The standard InChI is InChI=1S/C10H14N2O2/c13-10(3-6-14-8-10)7-12-9-1-4-11-5-2-9/h1-2,4-5,13H,3,6-8H2,(H,11,12). The molecule has 76 valence electrons. The molecule has 2 rings (SSSR count). The number of hydrogen-bond acceptors (Lipinski definition) is 4. The maximum absolute atomic E-state index is 9.95. The average molecular weight is 194 g/mol. The van der Waals surface area contributed by atoms with Crippen LogP contribution in [-0.2, 0) is 4.74 Å². The van der Waals surface area contributed by atoms with Crippen molar-refractivity contribution in [2.45, 2.75) is 12.0 Å². The summed E-state index contributed by atoms with van der Waals surface area (Å²) in [4.78, 5) is 3.92. The van der Waals surface area contributed by atoms with Gasteiger partial charge in [-0.1, -0.05) is 0 Å². The van der Waals surface area contributed by atoms with Crippen LogP contribution in [0.5, 0.6) is 0 Å². The van der Waals surface area contributed by atoms with Crippen molar-refractivity contribution in [1.82, 2.24) is 4.98 Å². The Morgan fingerprint density at radius 1 is 1.50 bits per heavy atom. The van der Waals surface area contributed by atoms with Gasteiger partial charge in [-0.3, -0.25) is 4.98 Å². The largest absolute Gasteiger partial charge is 0.386 e. The van der Waals surface area contributed by atoms with Gasteiger partial charge in [-0.15, -0.1) is 0 Å². The molecule has 0 bridgehead atoms. The summed E-state index contributed by atoms with van der Waals surface area (Å²) >= 11 is 0. The van der Waals surface area contributed by atoms with Gasteiger partial charge in [0.15, 0.2) is 0 Å². The normalized spacial score (nSPS) is 26.4. The first-order chi connectivity index (χ1) is 6.79. The van der Waals surface area contributed by atoms with Crippen LogP contribution in [0.3, 0.4) is 0 Å². The van der Waals surface area contributed by atoms with Crippen molar-refractivity contribution in [3.63, 3.8) is 0 Å². The van der Waals surface area contributed by atoms with Crippen LogP contribution in [0, 0.1) is 0 Å². The second-order valence-electron chi connectivity index (χ2n) is 3.62. The maximum Gasteiger partial charge on any atom is 0.107 e. The first-order valence-electron chi connectivity index (χ1n) is 4.73. The van der Waals surface area contributed by atoms with Crippen LogP contribution in [0.25, 0.3) is 0 Å². The number of hydrogen-bond donors (Lipinski definition) is 2. The number of nitrogens with one attached hydrogen (secondary N) is 1. The zero-order chi connectivity index (χ0) is 9.86. The molecular weight excluding hydrogens is 180 g/mol. The fourth-order valence-corrected chi connectivity index (χ4v) is 1.47. The van der Waals surface area contributed by atoms with Gasteiger partial charge in [-0.05, 0) is 12.1 Å². The highest BCUT2D eigenvalue weighted by atomic mass is 16.5. The van der Waals surface area contributed by atoms with Crippen molar-refractivity contribution in [1.29, 1.82) is 0 Å². The third-order valence-corrected chi connectivity index (χ3v) is 2.38. The lowest BCUT2D eigenvalue weighted by atomic mass is 10.0. The van der Waals surface area contributed by atoms with Crippen LogP contribution in [-0.4, -0.2) is 35.5 Å². The summed E-state index contributed by atoms with van der Waals surface area (Å²) in [6, 6.07) is 3.75. The molecule has 1 aliphatic heterocycles. The zero-order valence-electron chi connectivity index (χ0n) is 7.94. The van der Waals surface area contributed by atoms with E-state index in [4.69, 9.17) is 4.74 Å². The molecule has 0 saturated carbocycles. The lowest BCUT2D eigenvalue weighted by Gasteiger charge is -2.21. The number of ether oxygens (including phenoxy) is 1. The number of rotatable bonds is 3. The highest BCUT2D eigenvalue weighted by molar-refractivity contribution is 5.41. The van der Waals surface area contributed by atoms with Gasteiger partial charge in [0.05, 0.1) is 6.61 Å². The molecule has 1 aliphatic rings. The van der Waals surface area contributed by atoms with Gasteiger partial charge in [-0.25, -0.2) is 0 Å². The van der Waals surface area contributed by atoms with Gasteiger partial charge >= 0.3 is 0 Å². The highest BCUT2D eigenvalue weighted by Gasteiger charge is 2.31. The quantitative estimate of drug-likeness (QED) is 0.741. The molecule has 14 heavy (non-hydrogen) atoms. The summed E-state index contributed by atoms with van der Waals surface area (Å²) in [7, 11) is 0. The molecule has 1 aromatic rings. The van der Waals surface area contributed by atoms with E-state index in [1.54, 1.807) is 12.4 Å². The third-order valence-electron chi connectivity index (χ3n) is 2.38. The molecule has 0 spiro atoms. The molecule has 0 aliphatic carbocycles. The summed E-state index contributed by atoms with van der Waals surface area (Å²) in [6.45, 7) is 1.59. The first kappa shape index (κ1) is 9.43.